The van der Waals surface area contributed by atoms with Crippen molar-refractivity contribution in [3.05, 3.63) is 65.5 Å². The molecule has 246 valence electrons. The van der Waals surface area contributed by atoms with E-state index in [0.29, 0.717) is 30.9 Å². The van der Waals surface area contributed by atoms with Gasteiger partial charge in [0.1, 0.15) is 18.4 Å². The Morgan fingerprint density at radius 2 is 1.76 bits per heavy atom. The van der Waals surface area contributed by atoms with Crippen molar-refractivity contribution >= 4 is 40.7 Å². The first-order valence-electron chi connectivity index (χ1n) is 15.0. The van der Waals surface area contributed by atoms with E-state index >= 15 is 0 Å². The van der Waals surface area contributed by atoms with Gasteiger partial charge in [-0.15, -0.1) is 0 Å². The number of fused-ring (bicyclic) bond motifs is 1. The fourth-order valence-corrected chi connectivity index (χ4v) is 5.42. The second-order valence-electron chi connectivity index (χ2n) is 11.8. The summed E-state index contributed by atoms with van der Waals surface area (Å²) in [7, 11) is 0. The molecule has 1 fully saturated rings. The monoisotopic (exact) mass is 643 g/mol. The molecule has 1 aliphatic rings. The fraction of sp³-hybridized carbons (Fsp3) is 0.438. The van der Waals surface area contributed by atoms with Gasteiger partial charge < -0.3 is 30.6 Å². The highest BCUT2D eigenvalue weighted by atomic mass is 19.4. The van der Waals surface area contributed by atoms with Crippen LogP contribution in [-0.4, -0.2) is 59.7 Å². The average Bonchev–Trinajstić information content (AvgIpc) is 3.53. The van der Waals surface area contributed by atoms with Crippen LogP contribution in [0.4, 0.5) is 13.2 Å². The minimum absolute atomic E-state index is 0.0767. The van der Waals surface area contributed by atoms with E-state index in [-0.39, 0.29) is 31.1 Å². The highest BCUT2D eigenvalue weighted by Crippen LogP contribution is 2.29. The summed E-state index contributed by atoms with van der Waals surface area (Å²) in [6.07, 6.45) is -2.82. The van der Waals surface area contributed by atoms with Crippen LogP contribution in [-0.2, 0) is 31.8 Å². The van der Waals surface area contributed by atoms with Crippen molar-refractivity contribution < 1.29 is 41.7 Å². The zero-order valence-corrected chi connectivity index (χ0v) is 25.4. The van der Waals surface area contributed by atoms with Gasteiger partial charge in [0.05, 0.1) is 6.04 Å². The number of nitrogens with zero attached hydrogens (tertiary/aromatic N) is 1. The number of hydrogen-bond donors (Lipinski definition) is 4. The van der Waals surface area contributed by atoms with Gasteiger partial charge in [-0.05, 0) is 47.9 Å². The van der Waals surface area contributed by atoms with Gasteiger partial charge in [0.25, 0.3) is 5.91 Å². The Morgan fingerprint density at radius 1 is 1.04 bits per heavy atom. The molecule has 2 heterocycles. The maximum absolute atomic E-state index is 13.8. The Morgan fingerprint density at radius 3 is 2.43 bits per heavy atom. The highest BCUT2D eigenvalue weighted by Gasteiger charge is 2.37. The third-order valence-corrected chi connectivity index (χ3v) is 7.72. The minimum Gasteiger partial charge on any atom is -0.356 e. The summed E-state index contributed by atoms with van der Waals surface area (Å²) in [5.41, 5.74) is -0.0218. The number of halogens is 3. The predicted octanol–water partition coefficient (Wildman–Crippen LogP) is 3.32. The Labute approximate surface area is 263 Å². The standard InChI is InChI=1S/C32H36F3N5O6/c1-18(2)13-24(29(43)37-22(17-41)14-21-10-6-12-36-28(21)42)38-30(44)25(15-20-9-5-8-19-7-3-4-11-23(19)20)39-31(45)26-16-27(46-40-26)32(33,34)35/h3-5,7-9,11,16-18,21-22,24-25H,6,10,12-15H2,1-2H3,(H,36,42)(H,37,43)(H,38,44)(H,39,45)/t21-,22-,24-,25?/m0/s1. The van der Waals surface area contributed by atoms with Crippen LogP contribution in [0.5, 0.6) is 0 Å². The largest absolute Gasteiger partial charge is 0.452 e. The molecule has 11 nitrogen and oxygen atoms in total. The number of carbonyl (C=O) groups excluding carboxylic acids is 5. The summed E-state index contributed by atoms with van der Waals surface area (Å²) < 4.78 is 43.5. The molecule has 0 spiro atoms. The zero-order chi connectivity index (χ0) is 33.4. The van der Waals surface area contributed by atoms with E-state index in [0.717, 1.165) is 17.2 Å². The number of piperidine rings is 1. The zero-order valence-electron chi connectivity index (χ0n) is 25.4. The molecule has 4 amide bonds. The van der Waals surface area contributed by atoms with Crippen molar-refractivity contribution in [3.63, 3.8) is 0 Å². The van der Waals surface area contributed by atoms with E-state index in [9.17, 15) is 37.1 Å². The molecule has 0 aliphatic carbocycles. The molecule has 1 saturated heterocycles. The van der Waals surface area contributed by atoms with Crippen LogP contribution in [0.3, 0.4) is 0 Å². The second kappa shape index (κ2) is 15.0. The number of hydrogen-bond acceptors (Lipinski definition) is 7. The molecule has 0 radical (unpaired) electrons. The van der Waals surface area contributed by atoms with Crippen molar-refractivity contribution in [3.8, 4) is 0 Å². The molecular weight excluding hydrogens is 607 g/mol. The maximum atomic E-state index is 13.8. The lowest BCUT2D eigenvalue weighted by Gasteiger charge is -2.27. The predicted molar refractivity (Wildman–Crippen MR) is 160 cm³/mol. The molecule has 3 aromatic rings. The number of rotatable bonds is 13. The fourth-order valence-electron chi connectivity index (χ4n) is 5.42. The van der Waals surface area contributed by atoms with Gasteiger partial charge in [0.15, 0.2) is 5.69 Å². The molecular formula is C32H36F3N5O6. The SMILES string of the molecule is CC(C)C[C@H](NC(=O)C(Cc1cccc2ccccc12)NC(=O)c1cc(C(F)(F)F)on1)C(=O)N[C@H](C=O)C[C@@H]1CCCNC1=O. The van der Waals surface area contributed by atoms with Gasteiger partial charge in [-0.2, -0.15) is 13.2 Å². The minimum atomic E-state index is -4.87. The van der Waals surface area contributed by atoms with Crippen LogP contribution >= 0.6 is 0 Å². The quantitative estimate of drug-likeness (QED) is 0.208. The Hall–Kier alpha value is -4.75. The third kappa shape index (κ3) is 8.92. The number of aromatic nitrogens is 1. The van der Waals surface area contributed by atoms with E-state index in [4.69, 9.17) is 0 Å². The molecule has 1 aliphatic heterocycles. The number of aldehydes is 1. The molecule has 4 atom stereocenters. The molecule has 1 unspecified atom stereocenters. The maximum Gasteiger partial charge on any atom is 0.452 e. The first-order chi connectivity index (χ1) is 21.8. The lowest BCUT2D eigenvalue weighted by Crippen LogP contribution is -2.56. The second-order valence-corrected chi connectivity index (χ2v) is 11.8. The van der Waals surface area contributed by atoms with E-state index in [1.807, 2.05) is 38.1 Å². The summed E-state index contributed by atoms with van der Waals surface area (Å²) in [5.74, 6) is -4.73. The van der Waals surface area contributed by atoms with Crippen molar-refractivity contribution in [2.75, 3.05) is 6.54 Å². The van der Waals surface area contributed by atoms with E-state index in [2.05, 4.69) is 30.9 Å². The van der Waals surface area contributed by atoms with Crippen molar-refractivity contribution in [2.24, 2.45) is 11.8 Å². The summed E-state index contributed by atoms with van der Waals surface area (Å²) in [4.78, 5) is 64.3. The van der Waals surface area contributed by atoms with Gasteiger partial charge in [-0.3, -0.25) is 19.2 Å². The Kier molecular flexibility index (Phi) is 11.1. The van der Waals surface area contributed by atoms with Crippen LogP contribution in [0, 0.1) is 11.8 Å². The van der Waals surface area contributed by atoms with Gasteiger partial charge in [-0.1, -0.05) is 61.5 Å². The number of nitrogens with one attached hydrogen (secondary N) is 4. The lowest BCUT2D eigenvalue weighted by atomic mass is 9.91. The van der Waals surface area contributed by atoms with Crippen LogP contribution in [0.25, 0.3) is 10.8 Å². The molecule has 2 aromatic carbocycles. The topological polar surface area (TPSA) is 160 Å². The van der Waals surface area contributed by atoms with E-state index in [1.165, 1.54) is 0 Å². The average molecular weight is 644 g/mol. The van der Waals surface area contributed by atoms with Gasteiger partial charge >= 0.3 is 6.18 Å². The lowest BCUT2D eigenvalue weighted by molar-refractivity contribution is -0.155. The first-order valence-corrected chi connectivity index (χ1v) is 15.0. The number of carbonyl (C=O) groups is 5. The van der Waals surface area contributed by atoms with Crippen LogP contribution in [0.15, 0.2) is 53.1 Å². The summed E-state index contributed by atoms with van der Waals surface area (Å²) >= 11 is 0. The number of alkyl halides is 3. The summed E-state index contributed by atoms with van der Waals surface area (Å²) in [6.45, 7) is 4.20. The highest BCUT2D eigenvalue weighted by molar-refractivity contribution is 5.98. The third-order valence-electron chi connectivity index (χ3n) is 7.72. The Balaban J connectivity index is 1.56. The van der Waals surface area contributed by atoms with Crippen LogP contribution in [0.1, 0.15) is 61.3 Å². The van der Waals surface area contributed by atoms with Gasteiger partial charge in [0.2, 0.25) is 23.5 Å². The van der Waals surface area contributed by atoms with Crippen molar-refractivity contribution in [2.45, 2.75) is 70.3 Å². The van der Waals surface area contributed by atoms with E-state index in [1.54, 1.807) is 18.2 Å². The van der Waals surface area contributed by atoms with Crippen LogP contribution < -0.4 is 21.3 Å². The van der Waals surface area contributed by atoms with Crippen molar-refractivity contribution in [1.29, 1.82) is 0 Å². The molecule has 0 bridgehead atoms. The molecule has 4 rings (SSSR count). The van der Waals surface area contributed by atoms with Gasteiger partial charge in [-0.25, -0.2) is 0 Å². The summed E-state index contributed by atoms with van der Waals surface area (Å²) in [6, 6.07) is 9.69. The smallest absolute Gasteiger partial charge is 0.356 e. The molecule has 14 heteroatoms. The number of benzene rings is 2. The Bertz CT molecular complexity index is 1570. The first kappa shape index (κ1) is 34.1. The van der Waals surface area contributed by atoms with Crippen molar-refractivity contribution in [1.82, 2.24) is 26.4 Å². The van der Waals surface area contributed by atoms with E-state index < -0.39 is 59.4 Å². The molecule has 4 N–H and O–H groups in total. The van der Waals surface area contributed by atoms with Gasteiger partial charge in [0, 0.05) is 24.9 Å². The summed E-state index contributed by atoms with van der Waals surface area (Å²) in [5, 5.41) is 15.3. The number of amides is 4. The normalized spacial score (nSPS) is 17.1. The van der Waals surface area contributed by atoms with Crippen LogP contribution in [0.2, 0.25) is 0 Å². The molecule has 0 saturated carbocycles. The molecule has 46 heavy (non-hydrogen) atoms. The molecule has 1 aromatic heterocycles.